The molecule has 0 aliphatic rings. The summed E-state index contributed by atoms with van der Waals surface area (Å²) in [7, 11) is 0. The van der Waals surface area contributed by atoms with E-state index in [9.17, 15) is 0 Å². The fourth-order valence-electron chi connectivity index (χ4n) is 0.864. The van der Waals surface area contributed by atoms with Gasteiger partial charge in [0, 0.05) is 8.59 Å². The van der Waals surface area contributed by atoms with Gasteiger partial charge in [0.1, 0.15) is 17.7 Å². The molecule has 0 aliphatic heterocycles. The number of benzene rings is 1. The zero-order chi connectivity index (χ0) is 10.6. The van der Waals surface area contributed by atoms with Gasteiger partial charge in [-0.05, 0) is 46.4 Å². The Bertz CT molecular complexity index is 450. The summed E-state index contributed by atoms with van der Waals surface area (Å²) in [4.78, 5) is 0. The van der Waals surface area contributed by atoms with Crippen LogP contribution in [0.3, 0.4) is 0 Å². The monoisotopic (exact) mass is 314 g/mol. The van der Waals surface area contributed by atoms with Gasteiger partial charge in [0.15, 0.2) is 0 Å². The average Bonchev–Trinajstić information content (AvgIpc) is 2.17. The average molecular weight is 315 g/mol. The second kappa shape index (κ2) is 4.99. The molecule has 0 aromatic heterocycles. The van der Waals surface area contributed by atoms with Crippen molar-refractivity contribution in [2.75, 3.05) is 0 Å². The molecule has 0 N–H and O–H groups in total. The minimum absolute atomic E-state index is 0.0492. The van der Waals surface area contributed by atoms with Gasteiger partial charge in [-0.2, -0.15) is 10.5 Å². The second-order valence-corrected chi connectivity index (χ2v) is 4.10. The third-order valence-corrected chi connectivity index (χ3v) is 2.50. The van der Waals surface area contributed by atoms with E-state index in [-0.39, 0.29) is 5.57 Å². The lowest BCUT2D eigenvalue weighted by Crippen LogP contribution is -1.79. The van der Waals surface area contributed by atoms with Gasteiger partial charge in [0.25, 0.3) is 0 Å². The summed E-state index contributed by atoms with van der Waals surface area (Å²) in [6, 6.07) is 8.98. The maximum absolute atomic E-state index is 8.55. The summed E-state index contributed by atoms with van der Waals surface area (Å²) in [5.41, 5.74) is 0.735. The van der Waals surface area contributed by atoms with Crippen LogP contribution in [0.4, 0.5) is 0 Å². The molecule has 0 aliphatic carbocycles. The minimum Gasteiger partial charge on any atom is -0.192 e. The van der Waals surface area contributed by atoms with Gasteiger partial charge in [0.05, 0.1) is 0 Å². The summed E-state index contributed by atoms with van der Waals surface area (Å²) in [5, 5.41) is 17.6. The molecule has 0 fully saturated rings. The van der Waals surface area contributed by atoms with Crippen LogP contribution in [-0.2, 0) is 0 Å². The van der Waals surface area contributed by atoms with E-state index in [1.165, 1.54) is 6.08 Å². The summed E-state index contributed by atoms with van der Waals surface area (Å²) in [6.45, 7) is 0. The Kier molecular flexibility index (Phi) is 3.94. The summed E-state index contributed by atoms with van der Waals surface area (Å²) in [6.07, 6.45) is 1.47. The highest BCUT2D eigenvalue weighted by Crippen LogP contribution is 2.21. The van der Waals surface area contributed by atoms with E-state index in [0.717, 1.165) is 3.57 Å². The van der Waals surface area contributed by atoms with Gasteiger partial charge in [-0.3, -0.25) is 0 Å². The lowest BCUT2D eigenvalue weighted by molar-refractivity contribution is 1.47. The Morgan fingerprint density at radius 2 is 2.00 bits per heavy atom. The maximum Gasteiger partial charge on any atom is 0.130 e. The van der Waals surface area contributed by atoms with Crippen molar-refractivity contribution in [1.29, 1.82) is 10.5 Å². The van der Waals surface area contributed by atoms with Crippen LogP contribution in [0, 0.1) is 26.2 Å². The topological polar surface area (TPSA) is 47.6 Å². The number of nitrogens with zero attached hydrogens (tertiary/aromatic N) is 2. The van der Waals surface area contributed by atoms with Crippen molar-refractivity contribution in [2.45, 2.75) is 0 Å². The third kappa shape index (κ3) is 2.73. The first kappa shape index (κ1) is 11.0. The molecular formula is C10H4ClIN2. The lowest BCUT2D eigenvalue weighted by Gasteiger charge is -1.97. The van der Waals surface area contributed by atoms with E-state index in [2.05, 4.69) is 22.6 Å². The van der Waals surface area contributed by atoms with Crippen LogP contribution in [0.15, 0.2) is 23.8 Å². The van der Waals surface area contributed by atoms with Crippen molar-refractivity contribution >= 4 is 40.3 Å². The standard InChI is InChI=1S/C10H4ClIN2/c11-10-4-9(12)2-1-8(10)3-7(5-13)6-14/h1-4H. The van der Waals surface area contributed by atoms with E-state index in [4.69, 9.17) is 22.1 Å². The molecule has 1 aromatic carbocycles. The van der Waals surface area contributed by atoms with E-state index in [0.29, 0.717) is 10.6 Å². The molecule has 0 heterocycles. The van der Waals surface area contributed by atoms with E-state index in [1.54, 1.807) is 24.3 Å². The number of halogens is 2. The molecule has 2 nitrogen and oxygen atoms in total. The molecule has 0 saturated heterocycles. The largest absolute Gasteiger partial charge is 0.192 e. The van der Waals surface area contributed by atoms with Crippen molar-refractivity contribution < 1.29 is 0 Å². The molecule has 4 heteroatoms. The van der Waals surface area contributed by atoms with Gasteiger partial charge in [-0.25, -0.2) is 0 Å². The highest BCUT2D eigenvalue weighted by molar-refractivity contribution is 14.1. The van der Waals surface area contributed by atoms with Gasteiger partial charge >= 0.3 is 0 Å². The SMILES string of the molecule is N#CC(C#N)=Cc1ccc(I)cc1Cl. The number of rotatable bonds is 1. The number of nitriles is 2. The van der Waals surface area contributed by atoms with Gasteiger partial charge < -0.3 is 0 Å². The Labute approximate surface area is 101 Å². The first-order chi connectivity index (χ1) is 6.67. The summed E-state index contributed by atoms with van der Waals surface area (Å²) < 4.78 is 1.01. The van der Waals surface area contributed by atoms with Crippen molar-refractivity contribution in [3.05, 3.63) is 37.9 Å². The van der Waals surface area contributed by atoms with E-state index >= 15 is 0 Å². The number of hydrogen-bond donors (Lipinski definition) is 0. The molecule has 0 radical (unpaired) electrons. The molecular weight excluding hydrogens is 310 g/mol. The fraction of sp³-hybridized carbons (Fsp3) is 0. The predicted molar refractivity (Wildman–Crippen MR) is 63.4 cm³/mol. The zero-order valence-electron chi connectivity index (χ0n) is 6.96. The van der Waals surface area contributed by atoms with Crippen LogP contribution in [0.2, 0.25) is 5.02 Å². The van der Waals surface area contributed by atoms with Gasteiger partial charge in [0.2, 0.25) is 0 Å². The number of allylic oxidation sites excluding steroid dienone is 1. The molecule has 0 saturated carbocycles. The molecule has 0 unspecified atom stereocenters. The van der Waals surface area contributed by atoms with Crippen LogP contribution in [-0.4, -0.2) is 0 Å². The predicted octanol–water partition coefficient (Wildman–Crippen LogP) is 3.38. The Balaban J connectivity index is 3.18. The first-order valence-corrected chi connectivity index (χ1v) is 5.10. The number of hydrogen-bond acceptors (Lipinski definition) is 2. The third-order valence-electron chi connectivity index (χ3n) is 1.50. The van der Waals surface area contributed by atoms with Crippen molar-refractivity contribution in [2.24, 2.45) is 0 Å². The molecule has 0 atom stereocenters. The molecule has 0 spiro atoms. The lowest BCUT2D eigenvalue weighted by atomic mass is 10.1. The van der Waals surface area contributed by atoms with Crippen LogP contribution >= 0.6 is 34.2 Å². The minimum atomic E-state index is 0.0492. The molecule has 1 rings (SSSR count). The Hall–Kier alpha value is -1.04. The van der Waals surface area contributed by atoms with Crippen molar-refractivity contribution in [3.63, 3.8) is 0 Å². The smallest absolute Gasteiger partial charge is 0.130 e. The quantitative estimate of drug-likeness (QED) is 0.589. The second-order valence-electron chi connectivity index (χ2n) is 2.45. The summed E-state index contributed by atoms with van der Waals surface area (Å²) in [5.74, 6) is 0. The Morgan fingerprint density at radius 1 is 1.36 bits per heavy atom. The zero-order valence-corrected chi connectivity index (χ0v) is 9.87. The molecule has 0 bridgehead atoms. The molecule has 68 valence electrons. The van der Waals surface area contributed by atoms with Gasteiger partial charge in [-0.1, -0.05) is 17.7 Å². The van der Waals surface area contributed by atoms with E-state index < -0.39 is 0 Å². The van der Waals surface area contributed by atoms with Crippen LogP contribution < -0.4 is 0 Å². The van der Waals surface area contributed by atoms with E-state index in [1.807, 2.05) is 6.07 Å². The highest BCUT2D eigenvalue weighted by atomic mass is 127. The van der Waals surface area contributed by atoms with Crippen molar-refractivity contribution in [3.8, 4) is 12.1 Å². The molecule has 0 amide bonds. The van der Waals surface area contributed by atoms with Crippen molar-refractivity contribution in [1.82, 2.24) is 0 Å². The fourth-order valence-corrected chi connectivity index (χ4v) is 1.77. The Morgan fingerprint density at radius 3 is 2.50 bits per heavy atom. The molecule has 14 heavy (non-hydrogen) atoms. The van der Waals surface area contributed by atoms with Crippen LogP contribution in [0.1, 0.15) is 5.56 Å². The first-order valence-electron chi connectivity index (χ1n) is 3.64. The molecule has 1 aromatic rings. The van der Waals surface area contributed by atoms with Crippen LogP contribution in [0.5, 0.6) is 0 Å². The highest BCUT2D eigenvalue weighted by Gasteiger charge is 2.00. The summed E-state index contributed by atoms with van der Waals surface area (Å²) >= 11 is 8.06. The van der Waals surface area contributed by atoms with Crippen LogP contribution in [0.25, 0.3) is 6.08 Å². The normalized spacial score (nSPS) is 8.57. The maximum atomic E-state index is 8.55. The van der Waals surface area contributed by atoms with Gasteiger partial charge in [-0.15, -0.1) is 0 Å².